The highest BCUT2D eigenvalue weighted by Crippen LogP contribution is 2.36. The number of carbonyl (C=O) groups excluding carboxylic acids is 1. The largest absolute Gasteiger partial charge is 0.465 e. The maximum absolute atomic E-state index is 13.4. The summed E-state index contributed by atoms with van der Waals surface area (Å²) >= 11 is 6.92. The predicted octanol–water partition coefficient (Wildman–Crippen LogP) is 3.76. The van der Waals surface area contributed by atoms with Crippen molar-refractivity contribution in [3.8, 4) is 0 Å². The number of amides is 2. The predicted molar refractivity (Wildman–Crippen MR) is 107 cm³/mol. The number of carboxylic acid groups (broad SMARTS) is 1. The quantitative estimate of drug-likeness (QED) is 0.637. The third kappa shape index (κ3) is 5.68. The molecule has 2 atom stereocenters. The van der Waals surface area contributed by atoms with Crippen molar-refractivity contribution in [3.05, 3.63) is 70.2 Å². The summed E-state index contributed by atoms with van der Waals surface area (Å²) < 4.78 is 26.5. The van der Waals surface area contributed by atoms with Crippen molar-refractivity contribution in [2.45, 2.75) is 17.7 Å². The number of aliphatic imine (C=N–C) groups is 1. The maximum atomic E-state index is 13.4. The molecule has 152 valence electrons. The van der Waals surface area contributed by atoms with Gasteiger partial charge in [-0.2, -0.15) is 4.99 Å². The zero-order valence-electron chi connectivity index (χ0n) is 14.9. The molecule has 29 heavy (non-hydrogen) atoms. The van der Waals surface area contributed by atoms with E-state index in [0.717, 1.165) is 29.5 Å². The second kappa shape index (κ2) is 9.23. The van der Waals surface area contributed by atoms with Crippen molar-refractivity contribution >= 4 is 40.5 Å². The molecule has 0 saturated carbocycles. The highest BCUT2D eigenvalue weighted by atomic mass is 35.5. The molecular formula is C19H16ClF2N3O3S. The minimum absolute atomic E-state index is 0.179. The van der Waals surface area contributed by atoms with Crippen molar-refractivity contribution in [1.29, 1.82) is 0 Å². The van der Waals surface area contributed by atoms with Crippen LogP contribution in [0.15, 0.2) is 47.5 Å². The fourth-order valence-corrected chi connectivity index (χ4v) is 3.87. The van der Waals surface area contributed by atoms with Gasteiger partial charge < -0.3 is 15.7 Å². The molecule has 1 unspecified atom stereocenters. The van der Waals surface area contributed by atoms with Crippen LogP contribution in [0.3, 0.4) is 0 Å². The van der Waals surface area contributed by atoms with E-state index in [1.165, 1.54) is 6.07 Å². The van der Waals surface area contributed by atoms with E-state index in [4.69, 9.17) is 16.7 Å². The van der Waals surface area contributed by atoms with Crippen LogP contribution in [0, 0.1) is 11.6 Å². The molecule has 2 aromatic rings. The Morgan fingerprint density at radius 3 is 2.59 bits per heavy atom. The van der Waals surface area contributed by atoms with E-state index in [1.54, 1.807) is 24.3 Å². The van der Waals surface area contributed by atoms with Crippen LogP contribution in [0.4, 0.5) is 13.6 Å². The number of hydrogen-bond donors (Lipinski definition) is 3. The summed E-state index contributed by atoms with van der Waals surface area (Å²) in [4.78, 5) is 27.1. The summed E-state index contributed by atoms with van der Waals surface area (Å²) in [7, 11) is 0. The zero-order valence-corrected chi connectivity index (χ0v) is 16.4. The number of rotatable bonds is 6. The molecule has 0 aliphatic carbocycles. The first-order valence-electron chi connectivity index (χ1n) is 8.53. The topological polar surface area (TPSA) is 90.8 Å². The van der Waals surface area contributed by atoms with Crippen molar-refractivity contribution in [1.82, 2.24) is 10.6 Å². The van der Waals surface area contributed by atoms with Gasteiger partial charge in [0.05, 0.1) is 6.04 Å². The Morgan fingerprint density at radius 2 is 1.93 bits per heavy atom. The second-order valence-electron chi connectivity index (χ2n) is 6.28. The molecule has 3 N–H and O–H groups in total. The van der Waals surface area contributed by atoms with Crippen LogP contribution in [-0.2, 0) is 11.2 Å². The van der Waals surface area contributed by atoms with Gasteiger partial charge in [0.25, 0.3) is 5.91 Å². The number of hydrogen-bond acceptors (Lipinski definition) is 4. The van der Waals surface area contributed by atoms with E-state index < -0.39 is 34.9 Å². The average molecular weight is 440 g/mol. The lowest BCUT2D eigenvalue weighted by molar-refractivity contribution is -0.117. The first-order chi connectivity index (χ1) is 13.8. The third-order valence-electron chi connectivity index (χ3n) is 4.13. The van der Waals surface area contributed by atoms with Gasteiger partial charge in [0.2, 0.25) is 0 Å². The van der Waals surface area contributed by atoms with E-state index in [1.807, 2.05) is 0 Å². The molecule has 0 bridgehead atoms. The molecule has 1 heterocycles. The van der Waals surface area contributed by atoms with Gasteiger partial charge in [-0.15, -0.1) is 0 Å². The average Bonchev–Trinajstić information content (AvgIpc) is 3.04. The lowest BCUT2D eigenvalue weighted by Gasteiger charge is -2.18. The number of amidine groups is 1. The van der Waals surface area contributed by atoms with Gasteiger partial charge in [0.1, 0.15) is 5.25 Å². The summed E-state index contributed by atoms with van der Waals surface area (Å²) in [6.45, 7) is 0.179. The fourth-order valence-electron chi connectivity index (χ4n) is 2.78. The van der Waals surface area contributed by atoms with Gasteiger partial charge >= 0.3 is 6.09 Å². The lowest BCUT2D eigenvalue weighted by atomic mass is 10.1. The van der Waals surface area contributed by atoms with Crippen molar-refractivity contribution < 1.29 is 23.5 Å². The Morgan fingerprint density at radius 1 is 1.21 bits per heavy atom. The van der Waals surface area contributed by atoms with Gasteiger partial charge in [0.15, 0.2) is 16.8 Å². The van der Waals surface area contributed by atoms with Gasteiger partial charge in [-0.05, 0) is 41.8 Å². The molecule has 6 nitrogen and oxygen atoms in total. The Balaban J connectivity index is 1.62. The molecule has 0 saturated heterocycles. The number of halogens is 3. The molecule has 10 heteroatoms. The van der Waals surface area contributed by atoms with E-state index in [2.05, 4.69) is 15.6 Å². The summed E-state index contributed by atoms with van der Waals surface area (Å²) in [5, 5.41) is 14.5. The van der Waals surface area contributed by atoms with Crippen molar-refractivity contribution in [2.75, 3.05) is 6.54 Å². The zero-order chi connectivity index (χ0) is 21.0. The van der Waals surface area contributed by atoms with Crippen LogP contribution in [0.2, 0.25) is 5.02 Å². The molecule has 2 aromatic carbocycles. The fraction of sp³-hybridized carbons (Fsp3) is 0.211. The van der Waals surface area contributed by atoms with E-state index in [9.17, 15) is 18.4 Å². The van der Waals surface area contributed by atoms with Gasteiger partial charge in [-0.25, -0.2) is 13.6 Å². The molecule has 0 spiro atoms. The van der Waals surface area contributed by atoms with Crippen LogP contribution in [0.25, 0.3) is 0 Å². The minimum atomic E-state index is -1.18. The molecule has 0 radical (unpaired) electrons. The summed E-state index contributed by atoms with van der Waals surface area (Å²) in [5.41, 5.74) is 1.19. The van der Waals surface area contributed by atoms with Gasteiger partial charge in [0, 0.05) is 11.6 Å². The number of nitrogens with zero attached hydrogens (tertiary/aromatic N) is 1. The molecule has 2 amide bonds. The van der Waals surface area contributed by atoms with E-state index in [0.29, 0.717) is 17.0 Å². The highest BCUT2D eigenvalue weighted by Gasteiger charge is 2.31. The summed E-state index contributed by atoms with van der Waals surface area (Å²) in [6.07, 6.45) is -0.780. The number of carbonyl (C=O) groups is 2. The van der Waals surface area contributed by atoms with Crippen LogP contribution in [-0.4, -0.2) is 34.9 Å². The first-order valence-corrected chi connectivity index (χ1v) is 9.79. The number of nitrogens with one attached hydrogen (secondary N) is 2. The standard InChI is InChI=1S/C19H16ClF2N3O3S/c20-12-4-1-10(2-5-12)7-13(24-19(27)28)9-23-18-25-17(26)16(29-18)11-3-6-14(21)15(22)8-11/h1-6,8,13,16,24H,7,9H2,(H,27,28)(H,23,25,26)/t13-,16?/m0/s1. The maximum Gasteiger partial charge on any atom is 0.404 e. The second-order valence-corrected chi connectivity index (χ2v) is 7.81. The molecule has 1 aliphatic rings. The Bertz CT molecular complexity index is 956. The Hall–Kier alpha value is -2.65. The van der Waals surface area contributed by atoms with E-state index >= 15 is 0 Å². The van der Waals surface area contributed by atoms with Crippen molar-refractivity contribution in [3.63, 3.8) is 0 Å². The first kappa shape index (κ1) is 21.1. The Kier molecular flexibility index (Phi) is 6.71. The highest BCUT2D eigenvalue weighted by molar-refractivity contribution is 8.15. The molecule has 0 fully saturated rings. The monoisotopic (exact) mass is 439 g/mol. The minimum Gasteiger partial charge on any atom is -0.465 e. The lowest BCUT2D eigenvalue weighted by Crippen LogP contribution is -2.43. The SMILES string of the molecule is O=C(O)N[C@H](CNC1=NC(=O)C(c2ccc(F)c(F)c2)S1)Cc1ccc(Cl)cc1. The van der Waals surface area contributed by atoms with Crippen LogP contribution >= 0.6 is 23.4 Å². The Labute approximate surface area is 174 Å². The summed E-state index contributed by atoms with van der Waals surface area (Å²) in [5.74, 6) is -2.52. The van der Waals surface area contributed by atoms with Gasteiger partial charge in [-0.3, -0.25) is 4.79 Å². The van der Waals surface area contributed by atoms with Crippen LogP contribution in [0.1, 0.15) is 16.4 Å². The van der Waals surface area contributed by atoms with Gasteiger partial charge in [-0.1, -0.05) is 41.6 Å². The van der Waals surface area contributed by atoms with Crippen LogP contribution in [0.5, 0.6) is 0 Å². The molecule has 1 aliphatic heterocycles. The number of thioether (sulfide) groups is 1. The molecular weight excluding hydrogens is 424 g/mol. The van der Waals surface area contributed by atoms with E-state index in [-0.39, 0.29) is 11.7 Å². The smallest absolute Gasteiger partial charge is 0.404 e. The molecule has 3 rings (SSSR count). The molecule has 0 aromatic heterocycles. The normalized spacial score (nSPS) is 17.0. The third-order valence-corrected chi connectivity index (χ3v) is 5.55. The van der Waals surface area contributed by atoms with Crippen molar-refractivity contribution in [2.24, 2.45) is 4.99 Å². The van der Waals surface area contributed by atoms with Crippen LogP contribution < -0.4 is 10.6 Å². The number of benzene rings is 2. The summed E-state index contributed by atoms with van der Waals surface area (Å²) in [6, 6.07) is 9.79.